The van der Waals surface area contributed by atoms with Gasteiger partial charge >= 0.3 is 12.2 Å². The Balaban J connectivity index is 1.31. The summed E-state index contributed by atoms with van der Waals surface area (Å²) in [5, 5.41) is 2.92. The maximum atomic E-state index is 12.8. The minimum absolute atomic E-state index is 0.0956. The first-order valence-corrected chi connectivity index (χ1v) is 9.19. The van der Waals surface area contributed by atoms with Crippen molar-refractivity contribution in [2.75, 3.05) is 44.2 Å². The third-order valence-electron chi connectivity index (χ3n) is 5.49. The molecular formula is C17H22F3N5O2. The molecule has 3 fully saturated rings. The van der Waals surface area contributed by atoms with Crippen molar-refractivity contribution in [3.05, 3.63) is 18.0 Å². The van der Waals surface area contributed by atoms with Gasteiger partial charge < -0.3 is 19.9 Å². The van der Waals surface area contributed by atoms with Crippen molar-refractivity contribution >= 4 is 12.0 Å². The minimum atomic E-state index is -4.48. The molecule has 27 heavy (non-hydrogen) atoms. The van der Waals surface area contributed by atoms with E-state index in [1.807, 2.05) is 0 Å². The summed E-state index contributed by atoms with van der Waals surface area (Å²) >= 11 is 0. The largest absolute Gasteiger partial charge is 0.433 e. The smallest absolute Gasteiger partial charge is 0.376 e. The Labute approximate surface area is 154 Å². The summed E-state index contributed by atoms with van der Waals surface area (Å²) in [6, 6.07) is 0.780. The average Bonchev–Trinajstić information content (AvgIpc) is 3.35. The monoisotopic (exact) mass is 385 g/mol. The fourth-order valence-electron chi connectivity index (χ4n) is 4.10. The number of alkyl halides is 3. The van der Waals surface area contributed by atoms with Crippen LogP contribution in [-0.4, -0.2) is 66.3 Å². The van der Waals surface area contributed by atoms with E-state index < -0.39 is 11.9 Å². The highest BCUT2D eigenvalue weighted by Gasteiger charge is 2.43. The first-order chi connectivity index (χ1) is 12.9. The summed E-state index contributed by atoms with van der Waals surface area (Å²) in [6.07, 6.45) is -1.24. The molecule has 0 aromatic carbocycles. The van der Waals surface area contributed by atoms with E-state index in [9.17, 15) is 18.0 Å². The molecule has 3 aliphatic rings. The van der Waals surface area contributed by atoms with Crippen LogP contribution in [0.2, 0.25) is 0 Å². The van der Waals surface area contributed by atoms with Crippen LogP contribution in [0.25, 0.3) is 0 Å². The van der Waals surface area contributed by atoms with Crippen molar-refractivity contribution in [3.8, 4) is 0 Å². The Bertz CT molecular complexity index is 681. The van der Waals surface area contributed by atoms with Crippen LogP contribution in [0.1, 0.15) is 18.5 Å². The highest BCUT2D eigenvalue weighted by molar-refractivity contribution is 5.74. The third-order valence-corrected chi connectivity index (χ3v) is 5.49. The molecule has 0 bridgehead atoms. The normalized spacial score (nSPS) is 27.9. The number of likely N-dealkylation sites (tertiary alicyclic amines) is 1. The molecule has 0 radical (unpaired) electrons. The van der Waals surface area contributed by atoms with Gasteiger partial charge in [0.2, 0.25) is 5.95 Å². The Morgan fingerprint density at radius 1 is 1.26 bits per heavy atom. The molecule has 1 aromatic heterocycles. The molecule has 1 N–H and O–H groups in total. The van der Waals surface area contributed by atoms with Gasteiger partial charge in [0.05, 0.1) is 6.10 Å². The molecule has 3 aliphatic heterocycles. The maximum Gasteiger partial charge on any atom is 0.433 e. The van der Waals surface area contributed by atoms with Gasteiger partial charge in [-0.05, 0) is 18.9 Å². The zero-order chi connectivity index (χ0) is 19.0. The van der Waals surface area contributed by atoms with Crippen LogP contribution >= 0.6 is 0 Å². The summed E-state index contributed by atoms with van der Waals surface area (Å²) in [6.45, 7) is 3.58. The fourth-order valence-corrected chi connectivity index (χ4v) is 4.10. The number of nitrogens with zero attached hydrogens (tertiary/aromatic N) is 4. The Hall–Kier alpha value is -2.10. The van der Waals surface area contributed by atoms with E-state index in [-0.39, 0.29) is 29.9 Å². The quantitative estimate of drug-likeness (QED) is 0.859. The number of ether oxygens (including phenoxy) is 1. The molecule has 1 aromatic rings. The van der Waals surface area contributed by atoms with E-state index in [0.29, 0.717) is 32.7 Å². The standard InChI is InChI=1S/C17H22F3N5O2/c18-17(19,20)14-3-4-21-15(23-14)24-7-11-9-25(10-12(11)8-24)16(26)22-6-13-2-1-5-27-13/h3-4,11-13H,1-2,5-10H2,(H,22,26). The molecule has 2 amide bonds. The Morgan fingerprint density at radius 3 is 2.63 bits per heavy atom. The fraction of sp³-hybridized carbons (Fsp3) is 0.706. The number of aromatic nitrogens is 2. The lowest BCUT2D eigenvalue weighted by Crippen LogP contribution is -2.43. The summed E-state index contributed by atoms with van der Waals surface area (Å²) in [7, 11) is 0. The van der Waals surface area contributed by atoms with E-state index in [1.54, 1.807) is 9.80 Å². The highest BCUT2D eigenvalue weighted by Crippen LogP contribution is 2.34. The molecule has 7 nitrogen and oxygen atoms in total. The maximum absolute atomic E-state index is 12.8. The highest BCUT2D eigenvalue weighted by atomic mass is 19.4. The average molecular weight is 385 g/mol. The van der Waals surface area contributed by atoms with Gasteiger partial charge in [-0.25, -0.2) is 14.8 Å². The van der Waals surface area contributed by atoms with E-state index in [2.05, 4.69) is 15.3 Å². The zero-order valence-corrected chi connectivity index (χ0v) is 14.8. The number of nitrogens with one attached hydrogen (secondary N) is 1. The second-order valence-electron chi connectivity index (χ2n) is 7.39. The summed E-state index contributed by atoms with van der Waals surface area (Å²) in [4.78, 5) is 23.6. The number of urea groups is 1. The van der Waals surface area contributed by atoms with Crippen molar-refractivity contribution in [1.82, 2.24) is 20.2 Å². The van der Waals surface area contributed by atoms with Crippen LogP contribution in [0.5, 0.6) is 0 Å². The van der Waals surface area contributed by atoms with Crippen LogP contribution in [0.15, 0.2) is 12.3 Å². The lowest BCUT2D eigenvalue weighted by Gasteiger charge is -2.23. The molecule has 0 spiro atoms. The number of amides is 2. The molecule has 3 atom stereocenters. The van der Waals surface area contributed by atoms with Gasteiger partial charge in [-0.15, -0.1) is 0 Å². The predicted octanol–water partition coefficient (Wildman–Crippen LogP) is 1.75. The van der Waals surface area contributed by atoms with Crippen molar-refractivity contribution in [2.24, 2.45) is 11.8 Å². The summed E-state index contributed by atoms with van der Waals surface area (Å²) in [5.74, 6) is 0.543. The lowest BCUT2D eigenvalue weighted by atomic mass is 10.0. The molecule has 3 unspecified atom stereocenters. The number of carbonyl (C=O) groups excluding carboxylic acids is 1. The molecule has 148 valence electrons. The summed E-state index contributed by atoms with van der Waals surface area (Å²) in [5.41, 5.74) is -0.931. The molecule has 4 heterocycles. The minimum Gasteiger partial charge on any atom is -0.376 e. The second kappa shape index (κ2) is 7.14. The van der Waals surface area contributed by atoms with Crippen molar-refractivity contribution < 1.29 is 22.7 Å². The van der Waals surface area contributed by atoms with Crippen molar-refractivity contribution in [2.45, 2.75) is 25.1 Å². The number of carbonyl (C=O) groups is 1. The predicted molar refractivity (Wildman–Crippen MR) is 90.2 cm³/mol. The third kappa shape index (κ3) is 3.95. The Kier molecular flexibility index (Phi) is 4.83. The SMILES string of the molecule is O=C(NCC1CCCO1)N1CC2CN(c3nccc(C(F)(F)F)n3)CC2C1. The van der Waals surface area contributed by atoms with E-state index in [0.717, 1.165) is 31.7 Å². The molecular weight excluding hydrogens is 363 g/mol. The number of hydrogen-bond acceptors (Lipinski definition) is 5. The Morgan fingerprint density at radius 2 is 2.00 bits per heavy atom. The van der Waals surface area contributed by atoms with Gasteiger partial charge in [-0.1, -0.05) is 0 Å². The van der Waals surface area contributed by atoms with Crippen LogP contribution in [0.3, 0.4) is 0 Å². The number of fused-ring (bicyclic) bond motifs is 1. The number of halogens is 3. The van der Waals surface area contributed by atoms with Crippen LogP contribution in [0.4, 0.5) is 23.9 Å². The van der Waals surface area contributed by atoms with Gasteiger partial charge in [0.25, 0.3) is 0 Å². The first-order valence-electron chi connectivity index (χ1n) is 9.19. The second-order valence-corrected chi connectivity index (χ2v) is 7.39. The first kappa shape index (κ1) is 18.3. The number of rotatable bonds is 3. The van der Waals surface area contributed by atoms with Crippen LogP contribution in [-0.2, 0) is 10.9 Å². The van der Waals surface area contributed by atoms with Gasteiger partial charge in [0.1, 0.15) is 5.69 Å². The molecule has 3 saturated heterocycles. The molecule has 10 heteroatoms. The lowest BCUT2D eigenvalue weighted by molar-refractivity contribution is -0.141. The molecule has 4 rings (SSSR count). The van der Waals surface area contributed by atoms with E-state index >= 15 is 0 Å². The zero-order valence-electron chi connectivity index (χ0n) is 14.8. The van der Waals surface area contributed by atoms with Crippen LogP contribution in [0, 0.1) is 11.8 Å². The van der Waals surface area contributed by atoms with Crippen molar-refractivity contribution in [1.29, 1.82) is 0 Å². The summed E-state index contributed by atoms with van der Waals surface area (Å²) < 4.78 is 44.0. The van der Waals surface area contributed by atoms with Crippen LogP contribution < -0.4 is 10.2 Å². The van der Waals surface area contributed by atoms with Gasteiger partial charge in [0.15, 0.2) is 0 Å². The number of hydrogen-bond donors (Lipinski definition) is 1. The van der Waals surface area contributed by atoms with Gasteiger partial charge in [-0.3, -0.25) is 0 Å². The molecule has 0 aliphatic carbocycles. The topological polar surface area (TPSA) is 70.6 Å². The molecule has 0 saturated carbocycles. The van der Waals surface area contributed by atoms with Gasteiger partial charge in [0, 0.05) is 57.4 Å². The van der Waals surface area contributed by atoms with E-state index in [4.69, 9.17) is 4.74 Å². The van der Waals surface area contributed by atoms with E-state index in [1.165, 1.54) is 0 Å². The van der Waals surface area contributed by atoms with Gasteiger partial charge in [-0.2, -0.15) is 13.2 Å². The van der Waals surface area contributed by atoms with Crippen molar-refractivity contribution in [3.63, 3.8) is 0 Å². The number of anilines is 1.